The van der Waals surface area contributed by atoms with Gasteiger partial charge in [0.25, 0.3) is 5.91 Å². The van der Waals surface area contributed by atoms with Crippen LogP contribution in [0.3, 0.4) is 0 Å². The van der Waals surface area contributed by atoms with Crippen molar-refractivity contribution in [2.45, 2.75) is 24.7 Å². The predicted molar refractivity (Wildman–Crippen MR) is 142 cm³/mol. The maximum absolute atomic E-state index is 13.3. The lowest BCUT2D eigenvalue weighted by Crippen LogP contribution is -2.53. The monoisotopic (exact) mass is 546 g/mol. The third-order valence-corrected chi connectivity index (χ3v) is 9.48. The summed E-state index contributed by atoms with van der Waals surface area (Å²) >= 11 is 6.12. The van der Waals surface area contributed by atoms with E-state index >= 15 is 0 Å². The quantitative estimate of drug-likeness (QED) is 0.573. The van der Waals surface area contributed by atoms with Gasteiger partial charge in [0.1, 0.15) is 12.3 Å². The molecule has 2 aromatic carbocycles. The summed E-state index contributed by atoms with van der Waals surface area (Å²) in [5, 5.41) is 0.664. The minimum atomic E-state index is -3.71. The van der Waals surface area contributed by atoms with Gasteiger partial charge in [-0.05, 0) is 55.2 Å². The maximum Gasteiger partial charge on any atom is 0.265 e. The number of carbonyl (C=O) groups is 2. The zero-order valence-corrected chi connectivity index (χ0v) is 22.4. The lowest BCUT2D eigenvalue weighted by Gasteiger charge is -2.37. The standard InChI is InChI=1S/C26H31ClN4O5S/c1-19-7-9-30(10-8-19)37(34,35)22-5-6-24-23(16-22)31(26(33)18-36-24)17-25(32)29-13-11-28(12-14-29)21-4-2-3-20(27)15-21/h2-6,15-16,19H,7-14,17-18H2,1H3. The van der Waals surface area contributed by atoms with E-state index in [-0.39, 0.29) is 29.9 Å². The number of carbonyl (C=O) groups excluding carboxylic acids is 2. The van der Waals surface area contributed by atoms with Crippen molar-refractivity contribution in [2.75, 3.05) is 62.2 Å². The van der Waals surface area contributed by atoms with Crippen LogP contribution >= 0.6 is 11.6 Å². The first-order valence-corrected chi connectivity index (χ1v) is 14.4. The molecular formula is C26H31ClN4O5S. The SMILES string of the molecule is CC1CCN(S(=O)(=O)c2ccc3c(c2)N(CC(=O)N2CCN(c4cccc(Cl)c4)CC2)C(=O)CO3)CC1. The van der Waals surface area contributed by atoms with Gasteiger partial charge in [-0.3, -0.25) is 14.5 Å². The summed E-state index contributed by atoms with van der Waals surface area (Å²) in [5.74, 6) is 0.323. The molecule has 0 bridgehead atoms. The summed E-state index contributed by atoms with van der Waals surface area (Å²) < 4.78 is 33.6. The van der Waals surface area contributed by atoms with Gasteiger partial charge in [0.15, 0.2) is 6.61 Å². The second-order valence-electron chi connectivity index (χ2n) is 9.83. The zero-order valence-electron chi connectivity index (χ0n) is 20.8. The molecular weight excluding hydrogens is 516 g/mol. The zero-order chi connectivity index (χ0) is 26.2. The van der Waals surface area contributed by atoms with E-state index in [1.165, 1.54) is 21.3 Å². The second-order valence-corrected chi connectivity index (χ2v) is 12.2. The van der Waals surface area contributed by atoms with E-state index in [2.05, 4.69) is 11.8 Å². The number of benzene rings is 2. The summed E-state index contributed by atoms with van der Waals surface area (Å²) in [6, 6.07) is 12.2. The Morgan fingerprint density at radius 1 is 1.03 bits per heavy atom. The maximum atomic E-state index is 13.3. The first-order chi connectivity index (χ1) is 17.7. The van der Waals surface area contributed by atoms with Crippen molar-refractivity contribution in [3.63, 3.8) is 0 Å². The number of halogens is 1. The van der Waals surface area contributed by atoms with Crippen molar-refractivity contribution in [1.82, 2.24) is 9.21 Å². The van der Waals surface area contributed by atoms with Crippen LogP contribution in [-0.2, 0) is 19.6 Å². The molecule has 3 heterocycles. The highest BCUT2D eigenvalue weighted by molar-refractivity contribution is 7.89. The normalized spacial score (nSPS) is 19.5. The fraction of sp³-hybridized carbons (Fsp3) is 0.462. The van der Waals surface area contributed by atoms with Crippen molar-refractivity contribution in [3.05, 3.63) is 47.5 Å². The average molecular weight is 547 g/mol. The summed E-state index contributed by atoms with van der Waals surface area (Å²) in [7, 11) is -3.71. The molecule has 0 spiro atoms. The number of hydrogen-bond acceptors (Lipinski definition) is 6. The van der Waals surface area contributed by atoms with Crippen molar-refractivity contribution in [3.8, 4) is 5.75 Å². The molecule has 0 unspecified atom stereocenters. The van der Waals surface area contributed by atoms with Crippen molar-refractivity contribution < 1.29 is 22.7 Å². The topological polar surface area (TPSA) is 90.5 Å². The minimum Gasteiger partial charge on any atom is -0.482 e. The number of anilines is 2. The number of amides is 2. The molecule has 3 aliphatic rings. The van der Waals surface area contributed by atoms with Crippen LogP contribution < -0.4 is 14.5 Å². The number of piperazine rings is 1. The van der Waals surface area contributed by atoms with Crippen LogP contribution in [0.25, 0.3) is 0 Å². The molecule has 2 saturated heterocycles. The Morgan fingerprint density at radius 2 is 1.76 bits per heavy atom. The Labute approximate surface area is 222 Å². The minimum absolute atomic E-state index is 0.103. The van der Waals surface area contributed by atoms with Gasteiger partial charge < -0.3 is 14.5 Å². The Morgan fingerprint density at radius 3 is 2.46 bits per heavy atom. The third kappa shape index (κ3) is 5.42. The molecule has 2 aromatic rings. The number of nitrogens with zero attached hydrogens (tertiary/aromatic N) is 4. The number of hydrogen-bond donors (Lipinski definition) is 0. The summed E-state index contributed by atoms with van der Waals surface area (Å²) in [5.41, 5.74) is 1.32. The van der Waals surface area contributed by atoms with Crippen molar-refractivity contribution in [2.24, 2.45) is 5.92 Å². The van der Waals surface area contributed by atoms with E-state index in [0.29, 0.717) is 61.6 Å². The van der Waals surface area contributed by atoms with Gasteiger partial charge in [-0.25, -0.2) is 8.42 Å². The van der Waals surface area contributed by atoms with Crippen LogP contribution in [0.2, 0.25) is 5.02 Å². The van der Waals surface area contributed by atoms with Gasteiger partial charge in [0.2, 0.25) is 15.9 Å². The van der Waals surface area contributed by atoms with Crippen molar-refractivity contribution >= 4 is 44.8 Å². The largest absolute Gasteiger partial charge is 0.482 e. The molecule has 0 atom stereocenters. The van der Waals surface area contributed by atoms with Crippen LogP contribution in [0.15, 0.2) is 47.4 Å². The van der Waals surface area contributed by atoms with E-state index in [4.69, 9.17) is 16.3 Å². The van der Waals surface area contributed by atoms with Crippen molar-refractivity contribution in [1.29, 1.82) is 0 Å². The number of rotatable bonds is 5. The van der Waals surface area contributed by atoms with Crippen LogP contribution in [0.5, 0.6) is 5.75 Å². The van der Waals surface area contributed by atoms with E-state index in [1.54, 1.807) is 11.0 Å². The highest BCUT2D eigenvalue weighted by Gasteiger charge is 2.33. The molecule has 0 N–H and O–H groups in total. The fourth-order valence-corrected chi connectivity index (χ4v) is 6.69. The van der Waals surface area contributed by atoms with E-state index in [9.17, 15) is 18.0 Å². The summed E-state index contributed by atoms with van der Waals surface area (Å²) in [4.78, 5) is 31.4. The van der Waals surface area contributed by atoms with E-state index in [1.807, 2.05) is 24.3 Å². The molecule has 2 amide bonds. The first-order valence-electron chi connectivity index (χ1n) is 12.6. The Hall–Kier alpha value is -2.82. The third-order valence-electron chi connectivity index (χ3n) is 7.35. The molecule has 0 radical (unpaired) electrons. The number of fused-ring (bicyclic) bond motifs is 1. The van der Waals surface area contributed by atoms with Crippen LogP contribution in [0, 0.1) is 5.92 Å². The molecule has 5 rings (SSSR count). The molecule has 0 aliphatic carbocycles. The van der Waals surface area contributed by atoms with Gasteiger partial charge in [-0.15, -0.1) is 0 Å². The van der Waals surface area contributed by atoms with Gasteiger partial charge >= 0.3 is 0 Å². The Kier molecular flexibility index (Phi) is 7.33. The molecule has 3 aliphatic heterocycles. The van der Waals surface area contributed by atoms with Crippen LogP contribution in [0.1, 0.15) is 19.8 Å². The van der Waals surface area contributed by atoms with Gasteiger partial charge in [-0.2, -0.15) is 4.31 Å². The fourth-order valence-electron chi connectivity index (χ4n) is 5.01. The number of piperidine rings is 1. The molecule has 11 heteroatoms. The summed E-state index contributed by atoms with van der Waals surface area (Å²) in [6.07, 6.45) is 1.63. The second kappa shape index (κ2) is 10.5. The molecule has 37 heavy (non-hydrogen) atoms. The Bertz CT molecular complexity index is 1290. The van der Waals surface area contributed by atoms with Gasteiger partial charge in [0.05, 0.1) is 10.6 Å². The molecule has 9 nitrogen and oxygen atoms in total. The first kappa shape index (κ1) is 25.8. The Balaban J connectivity index is 1.29. The predicted octanol–water partition coefficient (Wildman–Crippen LogP) is 2.83. The van der Waals surface area contributed by atoms with Crippen LogP contribution in [-0.4, -0.2) is 81.9 Å². The van der Waals surface area contributed by atoms with E-state index < -0.39 is 10.0 Å². The highest BCUT2D eigenvalue weighted by Crippen LogP contribution is 2.35. The summed E-state index contributed by atoms with van der Waals surface area (Å²) in [6.45, 7) is 5.02. The molecule has 2 fully saturated rings. The lowest BCUT2D eigenvalue weighted by atomic mass is 10.0. The van der Waals surface area contributed by atoms with Crippen LogP contribution in [0.4, 0.5) is 11.4 Å². The van der Waals surface area contributed by atoms with E-state index in [0.717, 1.165) is 18.5 Å². The average Bonchev–Trinajstić information content (AvgIpc) is 2.90. The van der Waals surface area contributed by atoms with Gasteiger partial charge in [0, 0.05) is 50.0 Å². The van der Waals surface area contributed by atoms with Gasteiger partial charge in [-0.1, -0.05) is 24.6 Å². The molecule has 0 saturated carbocycles. The lowest BCUT2D eigenvalue weighted by molar-refractivity contribution is -0.132. The molecule has 0 aromatic heterocycles. The number of ether oxygens (including phenoxy) is 1. The number of sulfonamides is 1. The highest BCUT2D eigenvalue weighted by atomic mass is 35.5. The smallest absolute Gasteiger partial charge is 0.265 e. The molecule has 198 valence electrons.